The fraction of sp³-hybridized carbons (Fsp3) is 0.500. The number of primary amides is 1. The summed E-state index contributed by atoms with van der Waals surface area (Å²) in [7, 11) is 0. The van der Waals surface area contributed by atoms with Gasteiger partial charge in [0, 0.05) is 0 Å². The van der Waals surface area contributed by atoms with Crippen molar-refractivity contribution in [3.05, 3.63) is 0 Å². The Bertz CT molecular complexity index is 316. The van der Waals surface area contributed by atoms with Crippen LogP contribution in [0.25, 0.3) is 0 Å². The smallest absolute Gasteiger partial charge is 0.432 e. The third-order valence-corrected chi connectivity index (χ3v) is 1.09. The summed E-state index contributed by atoms with van der Waals surface area (Å²) < 4.78 is 4.55. The van der Waals surface area contributed by atoms with E-state index in [4.69, 9.17) is 11.0 Å². The topological polar surface area (TPSA) is 115 Å². The van der Waals surface area contributed by atoms with E-state index in [2.05, 4.69) is 14.7 Å². The lowest BCUT2D eigenvalue weighted by molar-refractivity contribution is -0.112. The Morgan fingerprint density at radius 3 is 2.53 bits per heavy atom. The predicted molar refractivity (Wildman–Crippen MR) is 49.5 cm³/mol. The molecule has 82 valence electrons. The van der Waals surface area contributed by atoms with E-state index < -0.39 is 17.8 Å². The van der Waals surface area contributed by atoms with Gasteiger partial charge in [-0.25, -0.2) is 4.79 Å². The van der Waals surface area contributed by atoms with E-state index in [1.54, 1.807) is 0 Å². The van der Waals surface area contributed by atoms with Crippen molar-refractivity contribution in [2.75, 3.05) is 6.61 Å². The number of hydrogen-bond donors (Lipinski definition) is 1. The minimum atomic E-state index is -1.09. The van der Waals surface area contributed by atoms with Crippen molar-refractivity contribution in [2.45, 2.75) is 13.8 Å². The average Bonchev–Trinajstić information content (AvgIpc) is 2.15. The molecule has 0 heterocycles. The Labute approximate surface area is 86.4 Å². The van der Waals surface area contributed by atoms with Gasteiger partial charge in [-0.3, -0.25) is 9.63 Å². The fourth-order valence-corrected chi connectivity index (χ4v) is 0.464. The first kappa shape index (κ1) is 12.9. The van der Waals surface area contributed by atoms with Crippen LogP contribution in [-0.2, 0) is 14.4 Å². The van der Waals surface area contributed by atoms with E-state index in [9.17, 15) is 9.59 Å². The van der Waals surface area contributed by atoms with Crippen LogP contribution in [0.5, 0.6) is 0 Å². The molecule has 0 aromatic heterocycles. The number of oxime groups is 1. The summed E-state index contributed by atoms with van der Waals surface area (Å²) in [5.41, 5.74) is 4.03. The van der Waals surface area contributed by atoms with Crippen LogP contribution in [0.1, 0.15) is 13.8 Å². The van der Waals surface area contributed by atoms with Crippen molar-refractivity contribution in [2.24, 2.45) is 16.8 Å². The van der Waals surface area contributed by atoms with Crippen LogP contribution in [0, 0.1) is 17.2 Å². The number of hydrogen-bond acceptors (Lipinski definition) is 6. The fourth-order valence-electron chi connectivity index (χ4n) is 0.464. The van der Waals surface area contributed by atoms with Gasteiger partial charge in [-0.05, 0) is 5.92 Å². The van der Waals surface area contributed by atoms with Crippen LogP contribution in [0.15, 0.2) is 5.16 Å². The normalized spacial score (nSPS) is 10.7. The van der Waals surface area contributed by atoms with E-state index in [0.717, 1.165) is 0 Å². The van der Waals surface area contributed by atoms with Crippen LogP contribution in [-0.4, -0.2) is 24.4 Å². The van der Waals surface area contributed by atoms with Gasteiger partial charge in [0.1, 0.15) is 6.07 Å². The summed E-state index contributed by atoms with van der Waals surface area (Å²) in [5, 5.41) is 11.2. The maximum atomic E-state index is 10.8. The lowest BCUT2D eigenvalue weighted by Crippen LogP contribution is -2.22. The van der Waals surface area contributed by atoms with Crippen LogP contribution >= 0.6 is 0 Å². The van der Waals surface area contributed by atoms with Crippen molar-refractivity contribution in [1.29, 1.82) is 5.26 Å². The minimum Gasteiger partial charge on any atom is -0.432 e. The van der Waals surface area contributed by atoms with E-state index >= 15 is 0 Å². The highest BCUT2D eigenvalue weighted by atomic mass is 16.8. The lowest BCUT2D eigenvalue weighted by Gasteiger charge is -2.03. The first-order chi connectivity index (χ1) is 6.97. The molecule has 0 radical (unpaired) electrons. The lowest BCUT2D eigenvalue weighted by atomic mass is 10.2. The number of rotatable bonds is 4. The number of nitrogens with two attached hydrogens (primary N) is 1. The first-order valence-corrected chi connectivity index (χ1v) is 4.09. The summed E-state index contributed by atoms with van der Waals surface area (Å²) in [6.07, 6.45) is -1.09. The number of amides is 1. The highest BCUT2D eigenvalue weighted by molar-refractivity contribution is 6.44. The second kappa shape index (κ2) is 6.37. The van der Waals surface area contributed by atoms with Crippen LogP contribution in [0.2, 0.25) is 0 Å². The zero-order valence-electron chi connectivity index (χ0n) is 8.39. The molecular weight excluding hydrogens is 202 g/mol. The van der Waals surface area contributed by atoms with Crippen LogP contribution < -0.4 is 5.73 Å². The summed E-state index contributed by atoms with van der Waals surface area (Å²) in [4.78, 5) is 25.3. The highest BCUT2D eigenvalue weighted by Gasteiger charge is 2.09. The molecule has 0 bridgehead atoms. The quantitative estimate of drug-likeness (QED) is 0.309. The minimum absolute atomic E-state index is 0.146. The molecule has 0 saturated heterocycles. The van der Waals surface area contributed by atoms with Gasteiger partial charge >= 0.3 is 6.16 Å². The van der Waals surface area contributed by atoms with Crippen LogP contribution in [0.3, 0.4) is 0 Å². The summed E-state index contributed by atoms with van der Waals surface area (Å²) >= 11 is 0. The van der Waals surface area contributed by atoms with Crippen LogP contribution in [0.4, 0.5) is 4.79 Å². The van der Waals surface area contributed by atoms with Crippen molar-refractivity contribution in [1.82, 2.24) is 0 Å². The molecule has 0 aliphatic carbocycles. The Morgan fingerprint density at radius 2 is 2.13 bits per heavy atom. The molecule has 0 saturated carbocycles. The Hall–Kier alpha value is -2.10. The zero-order valence-corrected chi connectivity index (χ0v) is 8.39. The standard InChI is InChI=1S/C8H11N3O4/c1-5(2)4-14-8(13)15-11-6(3-9)7(10)12/h5H,4H2,1-2H3,(H2,10,12)/b11-6+. The monoisotopic (exact) mass is 213 g/mol. The van der Waals surface area contributed by atoms with Crippen molar-refractivity contribution >= 4 is 17.8 Å². The van der Waals surface area contributed by atoms with Gasteiger partial charge in [0.25, 0.3) is 5.91 Å². The summed E-state index contributed by atoms with van der Waals surface area (Å²) in [5.74, 6) is -0.928. The molecule has 2 N–H and O–H groups in total. The number of carbonyl (C=O) groups is 2. The molecule has 0 aromatic carbocycles. The zero-order chi connectivity index (χ0) is 11.8. The van der Waals surface area contributed by atoms with Gasteiger partial charge in [0.15, 0.2) is 0 Å². The van der Waals surface area contributed by atoms with E-state index in [-0.39, 0.29) is 12.5 Å². The van der Waals surface area contributed by atoms with Gasteiger partial charge in [0.2, 0.25) is 5.71 Å². The van der Waals surface area contributed by atoms with Gasteiger partial charge in [-0.1, -0.05) is 19.0 Å². The highest BCUT2D eigenvalue weighted by Crippen LogP contribution is 1.95. The van der Waals surface area contributed by atoms with Gasteiger partial charge in [-0.15, -0.1) is 0 Å². The first-order valence-electron chi connectivity index (χ1n) is 4.09. The van der Waals surface area contributed by atoms with Crippen molar-refractivity contribution < 1.29 is 19.2 Å². The Balaban J connectivity index is 4.09. The molecular formula is C8H11N3O4. The SMILES string of the molecule is CC(C)COC(=O)O/N=C(\C#N)C(N)=O. The molecule has 7 heteroatoms. The molecule has 15 heavy (non-hydrogen) atoms. The summed E-state index contributed by atoms with van der Waals surface area (Å²) in [6.45, 7) is 3.83. The number of nitriles is 1. The van der Waals surface area contributed by atoms with Gasteiger partial charge < -0.3 is 10.5 Å². The van der Waals surface area contributed by atoms with E-state index in [1.807, 2.05) is 13.8 Å². The molecule has 0 rings (SSSR count). The third kappa shape index (κ3) is 6.04. The average molecular weight is 213 g/mol. The molecule has 0 fully saturated rings. The largest absolute Gasteiger partial charge is 0.535 e. The molecule has 0 spiro atoms. The van der Waals surface area contributed by atoms with E-state index in [1.165, 1.54) is 6.07 Å². The Morgan fingerprint density at radius 1 is 1.53 bits per heavy atom. The molecule has 1 amide bonds. The van der Waals surface area contributed by atoms with Gasteiger partial charge in [0.05, 0.1) is 6.61 Å². The van der Waals surface area contributed by atoms with Crippen molar-refractivity contribution in [3.63, 3.8) is 0 Å². The maximum Gasteiger partial charge on any atom is 0.535 e. The third-order valence-electron chi connectivity index (χ3n) is 1.09. The molecule has 0 atom stereocenters. The summed E-state index contributed by atoms with van der Waals surface area (Å²) in [6, 6.07) is 1.36. The number of nitrogens with zero attached hydrogens (tertiary/aromatic N) is 2. The second-order valence-electron chi connectivity index (χ2n) is 2.96. The second-order valence-corrected chi connectivity index (χ2v) is 2.96. The molecule has 0 aliphatic heterocycles. The molecule has 0 aliphatic rings. The van der Waals surface area contributed by atoms with E-state index in [0.29, 0.717) is 0 Å². The molecule has 7 nitrogen and oxygen atoms in total. The maximum absolute atomic E-state index is 10.8. The number of ether oxygens (including phenoxy) is 1. The molecule has 0 aromatic rings. The van der Waals surface area contributed by atoms with Crippen molar-refractivity contribution in [3.8, 4) is 6.07 Å². The predicted octanol–water partition coefficient (Wildman–Crippen LogP) is 0.160. The number of carbonyl (C=O) groups excluding carboxylic acids is 2. The van der Waals surface area contributed by atoms with Gasteiger partial charge in [-0.2, -0.15) is 5.26 Å². The molecule has 0 unspecified atom stereocenters. The Kier molecular flexibility index (Phi) is 5.48.